The Hall–Kier alpha value is -1.69. The van der Waals surface area contributed by atoms with Crippen molar-refractivity contribution in [2.45, 2.75) is 58.9 Å². The van der Waals surface area contributed by atoms with Crippen LogP contribution in [0.3, 0.4) is 0 Å². The Kier molecular flexibility index (Phi) is 8.48. The van der Waals surface area contributed by atoms with Gasteiger partial charge in [-0.25, -0.2) is 0 Å². The molecule has 2 fully saturated rings. The predicted octanol–water partition coefficient (Wildman–Crippen LogP) is 1.99. The fraction of sp³-hybridized carbons (Fsp3) is 0.762. The molecule has 1 amide bonds. The lowest BCUT2D eigenvalue weighted by atomic mass is 9.77. The molecule has 2 aliphatic rings. The minimum absolute atomic E-state index is 0.0954. The number of carbonyl (C=O) groups excluding carboxylic acids is 1. The van der Waals surface area contributed by atoms with Gasteiger partial charge in [-0.15, -0.1) is 0 Å². The topological polar surface area (TPSA) is 87.6 Å². The minimum atomic E-state index is 0.0954. The van der Waals surface area contributed by atoms with Crippen molar-refractivity contribution in [1.29, 1.82) is 0 Å². The summed E-state index contributed by atoms with van der Waals surface area (Å²) in [5.41, 5.74) is 13.5. The zero-order valence-electron chi connectivity index (χ0n) is 17.4. The molecule has 1 saturated heterocycles. The molecule has 0 spiro atoms. The van der Waals surface area contributed by atoms with Crippen LogP contribution in [0.25, 0.3) is 0 Å². The number of carbonyl (C=O) groups is 1. The van der Waals surface area contributed by atoms with Gasteiger partial charge in [0.25, 0.3) is 0 Å². The number of rotatable bonds is 7. The van der Waals surface area contributed by atoms with Gasteiger partial charge in [-0.3, -0.25) is 9.69 Å². The molecule has 0 unspecified atom stereocenters. The Morgan fingerprint density at radius 3 is 2.30 bits per heavy atom. The maximum Gasteiger partial charge on any atom is 0.234 e. The Morgan fingerprint density at radius 2 is 1.78 bits per heavy atom. The number of hydrogen-bond donors (Lipinski definition) is 3. The molecule has 1 aliphatic carbocycles. The molecule has 6 heteroatoms. The van der Waals surface area contributed by atoms with Gasteiger partial charge < -0.3 is 21.7 Å². The fourth-order valence-electron chi connectivity index (χ4n) is 4.20. The smallest absolute Gasteiger partial charge is 0.234 e. The lowest BCUT2D eigenvalue weighted by molar-refractivity contribution is -0.123. The van der Waals surface area contributed by atoms with E-state index in [0.717, 1.165) is 37.9 Å². The predicted molar refractivity (Wildman–Crippen MR) is 112 cm³/mol. The number of piperazine rings is 1. The van der Waals surface area contributed by atoms with E-state index < -0.39 is 0 Å². The quantitative estimate of drug-likeness (QED) is 0.591. The van der Waals surface area contributed by atoms with Gasteiger partial charge in [0.05, 0.1) is 12.4 Å². The van der Waals surface area contributed by atoms with Crippen LogP contribution in [-0.2, 0) is 4.79 Å². The molecule has 0 aromatic carbocycles. The Balaban J connectivity index is 1.83. The third kappa shape index (κ3) is 6.76. The molecule has 0 aromatic heterocycles. The van der Waals surface area contributed by atoms with Crippen molar-refractivity contribution >= 4 is 5.91 Å². The molecule has 6 nitrogen and oxygen atoms in total. The van der Waals surface area contributed by atoms with Gasteiger partial charge >= 0.3 is 0 Å². The van der Waals surface area contributed by atoms with Crippen molar-refractivity contribution in [3.63, 3.8) is 0 Å². The van der Waals surface area contributed by atoms with Crippen LogP contribution in [-0.4, -0.2) is 54.5 Å². The summed E-state index contributed by atoms with van der Waals surface area (Å²) in [6, 6.07) is 0.186. The van der Waals surface area contributed by atoms with Crippen LogP contribution < -0.4 is 16.8 Å². The van der Waals surface area contributed by atoms with Gasteiger partial charge in [-0.05, 0) is 69.2 Å². The highest BCUT2D eigenvalue weighted by atomic mass is 16.2. The van der Waals surface area contributed by atoms with Gasteiger partial charge in [-0.2, -0.15) is 0 Å². The normalized spacial score (nSPS) is 25.7. The second kappa shape index (κ2) is 10.6. The number of nitrogens with two attached hydrogens (primary N) is 2. The molecule has 1 heterocycles. The zero-order valence-corrected chi connectivity index (χ0v) is 17.4. The second-order valence-electron chi connectivity index (χ2n) is 8.35. The molecule has 0 aromatic rings. The number of allylic oxidation sites excluding steroid dienone is 2. The molecule has 0 radical (unpaired) electrons. The summed E-state index contributed by atoms with van der Waals surface area (Å²) >= 11 is 0. The molecule has 1 aliphatic heterocycles. The van der Waals surface area contributed by atoms with Crippen LogP contribution in [0.4, 0.5) is 0 Å². The van der Waals surface area contributed by atoms with E-state index in [2.05, 4.69) is 28.1 Å². The highest BCUT2D eigenvalue weighted by Gasteiger charge is 2.24. The average molecular weight is 378 g/mol. The number of amides is 1. The van der Waals surface area contributed by atoms with Crippen molar-refractivity contribution in [1.82, 2.24) is 15.1 Å². The van der Waals surface area contributed by atoms with Gasteiger partial charge in [0.1, 0.15) is 0 Å². The molecule has 1 saturated carbocycles. The van der Waals surface area contributed by atoms with Gasteiger partial charge in [-0.1, -0.05) is 13.3 Å². The van der Waals surface area contributed by atoms with Crippen LogP contribution in [0.2, 0.25) is 0 Å². The summed E-state index contributed by atoms with van der Waals surface area (Å²) in [6.07, 6.45) is 10.1. The first-order chi connectivity index (χ1) is 12.9. The van der Waals surface area contributed by atoms with E-state index in [0.29, 0.717) is 12.5 Å². The number of nitrogens with one attached hydrogen (secondary N) is 1. The second-order valence-corrected chi connectivity index (χ2v) is 8.35. The van der Waals surface area contributed by atoms with Crippen LogP contribution in [0, 0.1) is 11.8 Å². The zero-order chi connectivity index (χ0) is 19.8. The van der Waals surface area contributed by atoms with Crippen LogP contribution >= 0.6 is 0 Å². The van der Waals surface area contributed by atoms with E-state index in [9.17, 15) is 4.79 Å². The monoisotopic (exact) mass is 377 g/mol. The average Bonchev–Trinajstić information content (AvgIpc) is 2.66. The van der Waals surface area contributed by atoms with Crippen molar-refractivity contribution in [2.24, 2.45) is 23.3 Å². The first kappa shape index (κ1) is 21.6. The summed E-state index contributed by atoms with van der Waals surface area (Å²) in [5.74, 6) is 2.31. The Labute approximate surface area is 165 Å². The minimum Gasteiger partial charge on any atom is -0.404 e. The van der Waals surface area contributed by atoms with E-state index in [1.54, 1.807) is 6.20 Å². The van der Waals surface area contributed by atoms with E-state index >= 15 is 0 Å². The maximum atomic E-state index is 11.9. The van der Waals surface area contributed by atoms with Crippen molar-refractivity contribution < 1.29 is 4.79 Å². The number of nitrogens with zero attached hydrogens (tertiary/aromatic N) is 2. The lowest BCUT2D eigenvalue weighted by Crippen LogP contribution is -2.50. The third-order valence-corrected chi connectivity index (χ3v) is 5.96. The first-order valence-corrected chi connectivity index (χ1v) is 10.6. The SMILES string of the molecule is CCC1CCC(C(=C/N)/C=C(\N)N2CCN(CC(=O)NC(C)C)CC2)CC1. The first-order valence-electron chi connectivity index (χ1n) is 10.6. The van der Waals surface area contributed by atoms with Gasteiger partial charge in [0.2, 0.25) is 5.91 Å². The molecule has 154 valence electrons. The fourth-order valence-corrected chi connectivity index (χ4v) is 4.20. The summed E-state index contributed by atoms with van der Waals surface area (Å²) in [6.45, 7) is 10.1. The largest absolute Gasteiger partial charge is 0.404 e. The third-order valence-electron chi connectivity index (χ3n) is 5.96. The number of hydrogen-bond acceptors (Lipinski definition) is 5. The standard InChI is InChI=1S/C21H39N5O/c1-4-17-5-7-18(8-6-17)19(14-22)13-20(23)26-11-9-25(10-12-26)15-21(27)24-16(2)3/h13-14,16-18H,4-12,15,22-23H2,1-3H3,(H,24,27)/b19-14+,20-13+. The van der Waals surface area contributed by atoms with Crippen LogP contribution in [0.1, 0.15) is 52.9 Å². The molecule has 5 N–H and O–H groups in total. The van der Waals surface area contributed by atoms with Gasteiger partial charge in [0.15, 0.2) is 0 Å². The summed E-state index contributed by atoms with van der Waals surface area (Å²) in [5, 5.41) is 2.95. The molecule has 27 heavy (non-hydrogen) atoms. The van der Waals surface area contributed by atoms with Crippen LogP contribution in [0.15, 0.2) is 23.7 Å². The summed E-state index contributed by atoms with van der Waals surface area (Å²) < 4.78 is 0. The molecular formula is C21H39N5O. The summed E-state index contributed by atoms with van der Waals surface area (Å²) in [4.78, 5) is 16.3. The highest BCUT2D eigenvalue weighted by Crippen LogP contribution is 2.35. The maximum absolute atomic E-state index is 11.9. The molecular weight excluding hydrogens is 338 g/mol. The van der Waals surface area contributed by atoms with E-state index in [1.165, 1.54) is 37.7 Å². The van der Waals surface area contributed by atoms with Crippen molar-refractivity contribution in [3.05, 3.63) is 23.7 Å². The lowest BCUT2D eigenvalue weighted by Gasteiger charge is -2.36. The summed E-state index contributed by atoms with van der Waals surface area (Å²) in [7, 11) is 0. The molecule has 0 atom stereocenters. The van der Waals surface area contributed by atoms with E-state index in [1.807, 2.05) is 13.8 Å². The van der Waals surface area contributed by atoms with E-state index in [4.69, 9.17) is 11.5 Å². The Bertz CT molecular complexity index is 527. The highest BCUT2D eigenvalue weighted by molar-refractivity contribution is 5.78. The van der Waals surface area contributed by atoms with E-state index in [-0.39, 0.29) is 11.9 Å². The van der Waals surface area contributed by atoms with Crippen molar-refractivity contribution in [2.75, 3.05) is 32.7 Å². The molecule has 0 bridgehead atoms. The van der Waals surface area contributed by atoms with Crippen LogP contribution in [0.5, 0.6) is 0 Å². The van der Waals surface area contributed by atoms with Gasteiger partial charge in [0, 0.05) is 32.2 Å². The Morgan fingerprint density at radius 1 is 1.15 bits per heavy atom. The molecule has 2 rings (SSSR count). The van der Waals surface area contributed by atoms with Crippen molar-refractivity contribution in [3.8, 4) is 0 Å².